The van der Waals surface area contributed by atoms with E-state index >= 15 is 0 Å². The van der Waals surface area contributed by atoms with Gasteiger partial charge in [-0.1, -0.05) is 12.1 Å². The minimum Gasteiger partial charge on any atom is -0.377 e. The Labute approximate surface area is 84.1 Å². The van der Waals surface area contributed by atoms with E-state index in [9.17, 15) is 4.79 Å². The van der Waals surface area contributed by atoms with Crippen LogP contribution in [-0.4, -0.2) is 20.2 Å². The Hall–Kier alpha value is -1.60. The highest BCUT2D eigenvalue weighted by Gasteiger charge is 2.05. The fraction of sp³-hybridized carbons (Fsp3) is 0.364. The van der Waals surface area contributed by atoms with Gasteiger partial charge >= 0.3 is 0 Å². The average Bonchev–Trinajstić information content (AvgIpc) is 2.15. The monoisotopic (exact) mass is 190 g/mol. The third kappa shape index (κ3) is 2.21. The van der Waals surface area contributed by atoms with Gasteiger partial charge in [0.2, 0.25) is 6.08 Å². The molecule has 0 aliphatic carbocycles. The molecule has 0 atom stereocenters. The van der Waals surface area contributed by atoms with E-state index in [-0.39, 0.29) is 0 Å². The van der Waals surface area contributed by atoms with Crippen LogP contribution in [0.1, 0.15) is 11.1 Å². The SMILES string of the molecule is Cc1cccc(N(C)C)c1CN=C=O. The molecule has 74 valence electrons. The number of isocyanates is 1. The predicted octanol–water partition coefficient (Wildman–Crippen LogP) is 1.90. The molecule has 0 unspecified atom stereocenters. The second-order valence-corrected chi connectivity index (χ2v) is 3.37. The predicted molar refractivity (Wildman–Crippen MR) is 57.3 cm³/mol. The maximum absolute atomic E-state index is 10.1. The van der Waals surface area contributed by atoms with Crippen molar-refractivity contribution in [3.8, 4) is 0 Å². The minimum absolute atomic E-state index is 0.406. The van der Waals surface area contributed by atoms with Gasteiger partial charge < -0.3 is 4.90 Å². The molecule has 0 aromatic heterocycles. The van der Waals surface area contributed by atoms with Gasteiger partial charge in [-0.05, 0) is 18.6 Å². The molecular formula is C11H14N2O. The van der Waals surface area contributed by atoms with Gasteiger partial charge in [-0.25, -0.2) is 9.79 Å². The molecule has 0 bridgehead atoms. The number of hydrogen-bond acceptors (Lipinski definition) is 3. The van der Waals surface area contributed by atoms with E-state index < -0.39 is 0 Å². The molecule has 1 aromatic rings. The summed E-state index contributed by atoms with van der Waals surface area (Å²) in [6.07, 6.45) is 1.57. The van der Waals surface area contributed by atoms with Gasteiger partial charge in [0.25, 0.3) is 0 Å². The van der Waals surface area contributed by atoms with Crippen molar-refractivity contribution in [2.45, 2.75) is 13.5 Å². The van der Waals surface area contributed by atoms with Crippen LogP contribution >= 0.6 is 0 Å². The highest BCUT2D eigenvalue weighted by atomic mass is 16.1. The fourth-order valence-electron chi connectivity index (χ4n) is 1.42. The third-order valence-electron chi connectivity index (χ3n) is 2.17. The van der Waals surface area contributed by atoms with Gasteiger partial charge in [0, 0.05) is 25.3 Å². The highest BCUT2D eigenvalue weighted by molar-refractivity contribution is 5.56. The molecule has 0 amide bonds. The molecule has 0 spiro atoms. The molecule has 0 N–H and O–H groups in total. The lowest BCUT2D eigenvalue weighted by Crippen LogP contribution is -2.11. The number of hydrogen-bond donors (Lipinski definition) is 0. The first kappa shape index (κ1) is 10.5. The van der Waals surface area contributed by atoms with Gasteiger partial charge in [-0.15, -0.1) is 0 Å². The summed E-state index contributed by atoms with van der Waals surface area (Å²) in [7, 11) is 3.95. The van der Waals surface area contributed by atoms with Crippen LogP contribution in [0, 0.1) is 6.92 Å². The number of aryl methyl sites for hydroxylation is 1. The van der Waals surface area contributed by atoms with E-state index in [0.717, 1.165) is 16.8 Å². The summed E-state index contributed by atoms with van der Waals surface area (Å²) in [5.74, 6) is 0. The molecule has 0 heterocycles. The second kappa shape index (κ2) is 4.58. The maximum Gasteiger partial charge on any atom is 0.235 e. The fourth-order valence-corrected chi connectivity index (χ4v) is 1.42. The number of benzene rings is 1. The van der Waals surface area contributed by atoms with Gasteiger partial charge in [0.1, 0.15) is 0 Å². The van der Waals surface area contributed by atoms with Crippen LogP contribution in [-0.2, 0) is 11.3 Å². The Morgan fingerprint density at radius 3 is 2.71 bits per heavy atom. The molecule has 14 heavy (non-hydrogen) atoms. The quantitative estimate of drug-likeness (QED) is 0.538. The third-order valence-corrected chi connectivity index (χ3v) is 2.17. The standard InChI is InChI=1S/C11H14N2O/c1-9-5-4-6-11(13(2)3)10(9)7-12-8-14/h4-6H,7H2,1-3H3. The van der Waals surface area contributed by atoms with Gasteiger partial charge in [0.15, 0.2) is 0 Å². The normalized spacial score (nSPS) is 9.36. The summed E-state index contributed by atoms with van der Waals surface area (Å²) in [5.41, 5.74) is 3.33. The van der Waals surface area contributed by atoms with Crippen LogP contribution in [0.3, 0.4) is 0 Å². The highest BCUT2D eigenvalue weighted by Crippen LogP contribution is 2.22. The summed E-state index contributed by atoms with van der Waals surface area (Å²) in [5, 5.41) is 0. The van der Waals surface area contributed by atoms with Crippen molar-refractivity contribution in [2.75, 3.05) is 19.0 Å². The maximum atomic E-state index is 10.1. The van der Waals surface area contributed by atoms with Gasteiger partial charge in [-0.2, -0.15) is 0 Å². The molecule has 0 radical (unpaired) electrons. The summed E-state index contributed by atoms with van der Waals surface area (Å²) < 4.78 is 0. The van der Waals surface area contributed by atoms with Crippen LogP contribution < -0.4 is 4.90 Å². The van der Waals surface area contributed by atoms with Crippen LogP contribution in [0.2, 0.25) is 0 Å². The Bertz CT molecular complexity index is 366. The van der Waals surface area contributed by atoms with Crippen molar-refractivity contribution < 1.29 is 4.79 Å². The van der Waals surface area contributed by atoms with E-state index in [1.54, 1.807) is 6.08 Å². The molecule has 3 heteroatoms. The molecule has 1 aromatic carbocycles. The van der Waals surface area contributed by atoms with Crippen molar-refractivity contribution in [2.24, 2.45) is 4.99 Å². The Morgan fingerprint density at radius 2 is 2.14 bits per heavy atom. The van der Waals surface area contributed by atoms with E-state index in [1.807, 2.05) is 44.1 Å². The molecule has 0 fully saturated rings. The smallest absolute Gasteiger partial charge is 0.235 e. The summed E-state index contributed by atoms with van der Waals surface area (Å²) in [4.78, 5) is 15.7. The minimum atomic E-state index is 0.406. The van der Waals surface area contributed by atoms with Crippen LogP contribution in [0.4, 0.5) is 5.69 Å². The molecule has 0 aliphatic rings. The van der Waals surface area contributed by atoms with Crippen molar-refractivity contribution in [1.82, 2.24) is 0 Å². The van der Waals surface area contributed by atoms with Gasteiger partial charge in [0.05, 0.1) is 6.54 Å². The summed E-state index contributed by atoms with van der Waals surface area (Å²) in [6, 6.07) is 6.03. The number of carbonyl (C=O) groups excluding carboxylic acids is 1. The zero-order valence-corrected chi connectivity index (χ0v) is 8.74. The van der Waals surface area contributed by atoms with Crippen molar-refractivity contribution >= 4 is 11.8 Å². The largest absolute Gasteiger partial charge is 0.377 e. The zero-order chi connectivity index (χ0) is 10.6. The Morgan fingerprint density at radius 1 is 1.43 bits per heavy atom. The number of anilines is 1. The van der Waals surface area contributed by atoms with Gasteiger partial charge in [-0.3, -0.25) is 0 Å². The van der Waals surface area contributed by atoms with E-state index in [2.05, 4.69) is 4.99 Å². The topological polar surface area (TPSA) is 32.7 Å². The van der Waals surface area contributed by atoms with E-state index in [0.29, 0.717) is 6.54 Å². The van der Waals surface area contributed by atoms with Crippen molar-refractivity contribution in [1.29, 1.82) is 0 Å². The molecule has 3 nitrogen and oxygen atoms in total. The number of nitrogens with zero attached hydrogens (tertiary/aromatic N) is 2. The van der Waals surface area contributed by atoms with E-state index in [1.165, 1.54) is 0 Å². The first-order valence-electron chi connectivity index (χ1n) is 4.46. The van der Waals surface area contributed by atoms with Crippen LogP contribution in [0.25, 0.3) is 0 Å². The molecule has 0 saturated carbocycles. The number of rotatable bonds is 3. The lowest BCUT2D eigenvalue weighted by Gasteiger charge is -2.17. The molecular weight excluding hydrogens is 176 g/mol. The van der Waals surface area contributed by atoms with Crippen LogP contribution in [0.5, 0.6) is 0 Å². The molecule has 1 rings (SSSR count). The first-order valence-corrected chi connectivity index (χ1v) is 4.46. The Kier molecular flexibility index (Phi) is 3.43. The van der Waals surface area contributed by atoms with Crippen LogP contribution in [0.15, 0.2) is 23.2 Å². The zero-order valence-electron chi connectivity index (χ0n) is 8.74. The lowest BCUT2D eigenvalue weighted by atomic mass is 10.1. The number of aliphatic imine (C=N–C) groups is 1. The van der Waals surface area contributed by atoms with E-state index in [4.69, 9.17) is 0 Å². The Balaban J connectivity index is 3.14. The first-order chi connectivity index (χ1) is 6.66. The van der Waals surface area contributed by atoms with Crippen molar-refractivity contribution in [3.05, 3.63) is 29.3 Å². The summed E-state index contributed by atoms with van der Waals surface area (Å²) >= 11 is 0. The summed E-state index contributed by atoms with van der Waals surface area (Å²) in [6.45, 7) is 2.42. The lowest BCUT2D eigenvalue weighted by molar-refractivity contribution is 0.562. The average molecular weight is 190 g/mol. The molecule has 0 aliphatic heterocycles. The second-order valence-electron chi connectivity index (χ2n) is 3.37. The molecule has 0 saturated heterocycles. The van der Waals surface area contributed by atoms with Crippen molar-refractivity contribution in [3.63, 3.8) is 0 Å².